The van der Waals surface area contributed by atoms with Gasteiger partial charge in [-0.3, -0.25) is 4.79 Å². The fourth-order valence-corrected chi connectivity index (χ4v) is 2.81. The van der Waals surface area contributed by atoms with Crippen molar-refractivity contribution < 1.29 is 13.5 Å². The summed E-state index contributed by atoms with van der Waals surface area (Å²) in [4.78, 5) is 18.7. The zero-order valence-electron chi connectivity index (χ0n) is 14.6. The summed E-state index contributed by atoms with van der Waals surface area (Å²) in [6, 6.07) is 3.48. The third-order valence-corrected chi connectivity index (χ3v) is 4.29. The molecule has 0 fully saturated rings. The third-order valence-electron chi connectivity index (χ3n) is 3.71. The van der Waals surface area contributed by atoms with Gasteiger partial charge in [-0.05, 0) is 18.7 Å². The molecule has 1 aromatic carbocycles. The second-order valence-corrected chi connectivity index (χ2v) is 6.38. The van der Waals surface area contributed by atoms with Gasteiger partial charge in [-0.1, -0.05) is 37.9 Å². The Bertz CT molecular complexity index is 878. The number of benzene rings is 1. The maximum Gasteiger partial charge on any atom is 0.270 e. The molecule has 5 nitrogen and oxygen atoms in total. The largest absolute Gasteiger partial charge is 0.490 e. The highest BCUT2D eigenvalue weighted by molar-refractivity contribution is 7.98. The summed E-state index contributed by atoms with van der Waals surface area (Å²) in [5.74, 6) is -1.94. The van der Waals surface area contributed by atoms with Gasteiger partial charge in [-0.15, -0.1) is 0 Å². The number of hydrogen-bond donors (Lipinski definition) is 1. The van der Waals surface area contributed by atoms with Crippen molar-refractivity contribution in [1.82, 2.24) is 9.97 Å². The van der Waals surface area contributed by atoms with Gasteiger partial charge in [0.1, 0.15) is 23.1 Å². The first-order chi connectivity index (χ1) is 12.5. The molecular formula is C18H19F2N3O2S. The molecular weight excluding hydrogens is 360 g/mol. The Morgan fingerprint density at radius 1 is 1.31 bits per heavy atom. The Hall–Kier alpha value is -2.40. The first kappa shape index (κ1) is 19.9. The number of unbranched alkanes of at least 4 members (excludes halogenated alkanes) is 3. The lowest BCUT2D eigenvalue weighted by Gasteiger charge is -2.13. The molecule has 0 atom stereocenters. The van der Waals surface area contributed by atoms with E-state index in [1.807, 2.05) is 0 Å². The maximum atomic E-state index is 14.3. The average Bonchev–Trinajstić information content (AvgIpc) is 2.61. The van der Waals surface area contributed by atoms with Crippen molar-refractivity contribution in [1.29, 1.82) is 5.26 Å². The van der Waals surface area contributed by atoms with Crippen LogP contribution >= 0.6 is 11.8 Å². The van der Waals surface area contributed by atoms with Crippen LogP contribution in [0.4, 0.5) is 8.78 Å². The summed E-state index contributed by atoms with van der Waals surface area (Å²) in [5, 5.41) is 9.52. The Balaban J connectivity index is 2.51. The minimum Gasteiger partial charge on any atom is -0.490 e. The number of thioether (sulfide) groups is 1. The normalized spacial score (nSPS) is 10.6. The minimum absolute atomic E-state index is 0.0454. The van der Waals surface area contributed by atoms with Crippen LogP contribution in [0.3, 0.4) is 0 Å². The molecule has 0 saturated carbocycles. The SMILES string of the molecule is CCCCCCOc1c(F)cc(F)cc1-c1nc(SC)[nH]c(=O)c1C#N. The van der Waals surface area contributed by atoms with Gasteiger partial charge in [0.05, 0.1) is 6.61 Å². The number of nitrogens with one attached hydrogen (secondary N) is 1. The molecule has 1 heterocycles. The van der Waals surface area contributed by atoms with Gasteiger partial charge in [0.2, 0.25) is 0 Å². The van der Waals surface area contributed by atoms with Gasteiger partial charge in [0.25, 0.3) is 5.56 Å². The molecule has 26 heavy (non-hydrogen) atoms. The molecule has 0 aliphatic heterocycles. The quantitative estimate of drug-likeness (QED) is 0.421. The molecule has 0 saturated heterocycles. The van der Waals surface area contributed by atoms with Crippen molar-refractivity contribution in [2.75, 3.05) is 12.9 Å². The third kappa shape index (κ3) is 4.61. The van der Waals surface area contributed by atoms with Crippen LogP contribution in [-0.2, 0) is 0 Å². The fourth-order valence-electron chi connectivity index (χ4n) is 2.43. The molecule has 0 spiro atoms. The van der Waals surface area contributed by atoms with Crippen molar-refractivity contribution >= 4 is 11.8 Å². The molecule has 0 aliphatic rings. The molecule has 1 aromatic heterocycles. The van der Waals surface area contributed by atoms with Crippen LogP contribution < -0.4 is 10.3 Å². The molecule has 0 amide bonds. The highest BCUT2D eigenvalue weighted by Crippen LogP contribution is 2.34. The van der Waals surface area contributed by atoms with Gasteiger partial charge >= 0.3 is 0 Å². The van der Waals surface area contributed by atoms with Crippen molar-refractivity contribution in [2.24, 2.45) is 0 Å². The van der Waals surface area contributed by atoms with Crippen LogP contribution in [0.15, 0.2) is 22.1 Å². The lowest BCUT2D eigenvalue weighted by Crippen LogP contribution is -2.15. The fraction of sp³-hybridized carbons (Fsp3) is 0.389. The van der Waals surface area contributed by atoms with E-state index in [0.29, 0.717) is 12.5 Å². The predicted octanol–water partition coefficient (Wildman–Crippen LogP) is 4.27. The first-order valence-corrected chi connectivity index (χ1v) is 9.44. The smallest absolute Gasteiger partial charge is 0.270 e. The van der Waals surface area contributed by atoms with E-state index in [0.717, 1.165) is 37.1 Å². The first-order valence-electron chi connectivity index (χ1n) is 8.22. The Morgan fingerprint density at radius 3 is 2.73 bits per heavy atom. The van der Waals surface area contributed by atoms with Gasteiger partial charge in [-0.25, -0.2) is 13.8 Å². The number of H-pyrrole nitrogens is 1. The second kappa shape index (κ2) is 9.34. The van der Waals surface area contributed by atoms with Crippen LogP contribution in [0.5, 0.6) is 5.75 Å². The van der Waals surface area contributed by atoms with E-state index in [9.17, 15) is 18.8 Å². The highest BCUT2D eigenvalue weighted by atomic mass is 32.2. The number of nitrogens with zero attached hydrogens (tertiary/aromatic N) is 2. The van der Waals surface area contributed by atoms with E-state index >= 15 is 0 Å². The number of halogens is 2. The maximum absolute atomic E-state index is 14.3. The second-order valence-electron chi connectivity index (χ2n) is 5.58. The summed E-state index contributed by atoms with van der Waals surface area (Å²) < 4.78 is 33.7. The van der Waals surface area contributed by atoms with E-state index in [4.69, 9.17) is 4.74 Å². The van der Waals surface area contributed by atoms with Crippen LogP contribution in [0, 0.1) is 23.0 Å². The molecule has 0 unspecified atom stereocenters. The van der Waals surface area contributed by atoms with Gasteiger partial charge in [0.15, 0.2) is 16.7 Å². The molecule has 138 valence electrons. The van der Waals surface area contributed by atoms with Gasteiger partial charge < -0.3 is 9.72 Å². The number of nitriles is 1. The van der Waals surface area contributed by atoms with Crippen LogP contribution in [0.1, 0.15) is 38.2 Å². The van der Waals surface area contributed by atoms with Crippen LogP contribution in [0.25, 0.3) is 11.3 Å². The highest BCUT2D eigenvalue weighted by Gasteiger charge is 2.21. The van der Waals surface area contributed by atoms with Crippen molar-refractivity contribution in [3.63, 3.8) is 0 Å². The topological polar surface area (TPSA) is 78.8 Å². The monoisotopic (exact) mass is 379 g/mol. The van der Waals surface area contributed by atoms with Crippen molar-refractivity contribution in [3.8, 4) is 23.1 Å². The number of ether oxygens (including phenoxy) is 1. The van der Waals surface area contributed by atoms with E-state index < -0.39 is 17.2 Å². The van der Waals surface area contributed by atoms with Crippen LogP contribution in [0.2, 0.25) is 0 Å². The molecule has 8 heteroatoms. The molecule has 2 aromatic rings. The molecule has 1 N–H and O–H groups in total. The number of rotatable bonds is 8. The van der Waals surface area contributed by atoms with E-state index in [1.165, 1.54) is 0 Å². The Morgan fingerprint density at radius 2 is 2.08 bits per heavy atom. The van der Waals surface area contributed by atoms with Gasteiger partial charge in [-0.2, -0.15) is 5.26 Å². The predicted molar refractivity (Wildman–Crippen MR) is 96.3 cm³/mol. The van der Waals surface area contributed by atoms with E-state index in [2.05, 4.69) is 16.9 Å². The standard InChI is InChI=1S/C18H19F2N3O2S/c1-3-4-5-6-7-25-16-12(8-11(19)9-14(16)20)15-13(10-21)17(24)23-18(22-15)26-2/h8-9H,3-7H2,1-2H3,(H,22,23,24). The van der Waals surface area contributed by atoms with Crippen molar-refractivity contribution in [2.45, 2.75) is 37.8 Å². The summed E-state index contributed by atoms with van der Waals surface area (Å²) in [5.41, 5.74) is -1.12. The summed E-state index contributed by atoms with van der Waals surface area (Å²) in [6.45, 7) is 2.32. The molecule has 2 rings (SSSR count). The lowest BCUT2D eigenvalue weighted by molar-refractivity contribution is 0.291. The Kier molecular flexibility index (Phi) is 7.16. The lowest BCUT2D eigenvalue weighted by atomic mass is 10.1. The summed E-state index contributed by atoms with van der Waals surface area (Å²) in [7, 11) is 0. The summed E-state index contributed by atoms with van der Waals surface area (Å²) >= 11 is 1.15. The zero-order valence-corrected chi connectivity index (χ0v) is 15.4. The molecule has 0 bridgehead atoms. The number of hydrogen-bond acceptors (Lipinski definition) is 5. The van der Waals surface area contributed by atoms with Crippen molar-refractivity contribution in [3.05, 3.63) is 39.7 Å². The Labute approximate surface area is 154 Å². The van der Waals surface area contributed by atoms with Crippen LogP contribution in [-0.4, -0.2) is 22.8 Å². The minimum atomic E-state index is -0.896. The average molecular weight is 379 g/mol. The summed E-state index contributed by atoms with van der Waals surface area (Å²) in [6.07, 6.45) is 5.42. The molecule has 0 aliphatic carbocycles. The van der Waals surface area contributed by atoms with E-state index in [1.54, 1.807) is 12.3 Å². The number of aromatic nitrogens is 2. The van der Waals surface area contributed by atoms with Gasteiger partial charge in [0, 0.05) is 11.6 Å². The number of aromatic amines is 1. The zero-order chi connectivity index (χ0) is 19.1. The molecule has 0 radical (unpaired) electrons. The van der Waals surface area contributed by atoms with E-state index in [-0.39, 0.29) is 34.3 Å².